The van der Waals surface area contributed by atoms with Crippen LogP contribution in [-0.2, 0) is 6.42 Å². The Morgan fingerprint density at radius 1 is 1.03 bits per heavy atom. The van der Waals surface area contributed by atoms with E-state index in [1.54, 1.807) is 12.1 Å². The highest BCUT2D eigenvalue weighted by Gasteiger charge is 2.23. The van der Waals surface area contributed by atoms with E-state index in [0.717, 1.165) is 74.9 Å². The van der Waals surface area contributed by atoms with Gasteiger partial charge in [-0.25, -0.2) is 14.1 Å². The molecule has 1 aromatic carbocycles. The lowest BCUT2D eigenvalue weighted by Crippen LogP contribution is -2.54. The van der Waals surface area contributed by atoms with Crippen molar-refractivity contribution in [2.45, 2.75) is 51.2 Å². The predicted octanol–water partition coefficient (Wildman–Crippen LogP) is 3.71. The molecule has 3 aromatic rings. The van der Waals surface area contributed by atoms with Crippen molar-refractivity contribution in [2.24, 2.45) is 0 Å². The molecule has 186 valence electrons. The van der Waals surface area contributed by atoms with Gasteiger partial charge in [-0.05, 0) is 69.2 Å². The smallest absolute Gasteiger partial charge is 0.154 e. The van der Waals surface area contributed by atoms with Crippen LogP contribution in [0.5, 0.6) is 0 Å². The number of piperidine rings is 1. The van der Waals surface area contributed by atoms with Gasteiger partial charge in [-0.15, -0.1) is 0 Å². The number of halogens is 1. The highest BCUT2D eigenvalue weighted by atomic mass is 19.1. The second-order valence-electron chi connectivity index (χ2n) is 9.99. The lowest BCUT2D eigenvalue weighted by atomic mass is 10.0. The Morgan fingerprint density at radius 2 is 1.77 bits per heavy atom. The van der Waals surface area contributed by atoms with Crippen molar-refractivity contribution >= 4 is 11.5 Å². The molecule has 7 nitrogen and oxygen atoms in total. The number of pyridine rings is 1. The standard InChI is InChI=1S/C27H36FN7/c1-20-18-33(19-21(2)30-20)14-9-25-12-17-35(32-25)26-4-3-13-29-27(26)34-15-10-24(11-16-34)31-23-7-5-22(28)6-8-23/h3-8,12-13,17,20-21,24,30-31H,9-11,14-16,18-19H2,1-2H3/t20-,21+. The lowest BCUT2D eigenvalue weighted by Gasteiger charge is -2.36. The Morgan fingerprint density at radius 3 is 2.51 bits per heavy atom. The van der Waals surface area contributed by atoms with Gasteiger partial charge in [0.25, 0.3) is 0 Å². The molecule has 0 bridgehead atoms. The molecule has 2 fully saturated rings. The molecular formula is C27H36FN7. The predicted molar refractivity (Wildman–Crippen MR) is 139 cm³/mol. The zero-order valence-electron chi connectivity index (χ0n) is 20.7. The molecule has 2 N–H and O–H groups in total. The Balaban J connectivity index is 1.20. The van der Waals surface area contributed by atoms with Gasteiger partial charge in [0.1, 0.15) is 11.5 Å². The molecule has 2 atom stereocenters. The largest absolute Gasteiger partial charge is 0.382 e. The SMILES string of the molecule is C[C@@H]1CN(CCc2ccn(-c3cccnc3N3CCC(Nc4ccc(F)cc4)CC3)n2)C[C@H](C)N1. The summed E-state index contributed by atoms with van der Waals surface area (Å²) in [5.74, 6) is 0.773. The number of nitrogens with one attached hydrogen (secondary N) is 2. The summed E-state index contributed by atoms with van der Waals surface area (Å²) in [6, 6.07) is 14.2. The molecule has 2 aliphatic rings. The summed E-state index contributed by atoms with van der Waals surface area (Å²) >= 11 is 0. The summed E-state index contributed by atoms with van der Waals surface area (Å²) in [6.45, 7) is 9.54. The van der Waals surface area contributed by atoms with Gasteiger partial charge in [-0.1, -0.05) is 0 Å². The maximum Gasteiger partial charge on any atom is 0.154 e. The summed E-state index contributed by atoms with van der Waals surface area (Å²) in [4.78, 5) is 9.61. The van der Waals surface area contributed by atoms with Gasteiger partial charge < -0.3 is 15.5 Å². The van der Waals surface area contributed by atoms with Crippen molar-refractivity contribution in [1.82, 2.24) is 25.0 Å². The first-order valence-electron chi connectivity index (χ1n) is 12.8. The Kier molecular flexibility index (Phi) is 7.29. The van der Waals surface area contributed by atoms with E-state index in [9.17, 15) is 4.39 Å². The Labute approximate surface area is 207 Å². The van der Waals surface area contributed by atoms with E-state index < -0.39 is 0 Å². The van der Waals surface area contributed by atoms with Crippen LogP contribution in [0.4, 0.5) is 15.9 Å². The van der Waals surface area contributed by atoms with Crippen molar-refractivity contribution in [3.8, 4) is 5.69 Å². The number of anilines is 2. The third-order valence-electron chi connectivity index (χ3n) is 6.98. The molecular weight excluding hydrogens is 441 g/mol. The first-order valence-corrected chi connectivity index (χ1v) is 12.8. The molecule has 2 aliphatic heterocycles. The van der Waals surface area contributed by atoms with Gasteiger partial charge in [-0.3, -0.25) is 4.90 Å². The highest BCUT2D eigenvalue weighted by molar-refractivity contribution is 5.57. The summed E-state index contributed by atoms with van der Waals surface area (Å²) in [5, 5.41) is 12.0. The van der Waals surface area contributed by atoms with E-state index >= 15 is 0 Å². The van der Waals surface area contributed by atoms with Gasteiger partial charge in [0.05, 0.1) is 5.69 Å². The molecule has 0 spiro atoms. The van der Waals surface area contributed by atoms with Crippen LogP contribution in [0.25, 0.3) is 5.69 Å². The molecule has 0 aliphatic carbocycles. The minimum absolute atomic E-state index is 0.206. The average Bonchev–Trinajstić information content (AvgIpc) is 3.33. The number of benzene rings is 1. The first-order chi connectivity index (χ1) is 17.0. The molecule has 35 heavy (non-hydrogen) atoms. The third kappa shape index (κ3) is 6.00. The molecule has 5 rings (SSSR count). The molecule has 0 radical (unpaired) electrons. The lowest BCUT2D eigenvalue weighted by molar-refractivity contribution is 0.175. The van der Waals surface area contributed by atoms with Crippen LogP contribution in [0.3, 0.4) is 0 Å². The second kappa shape index (κ2) is 10.7. The van der Waals surface area contributed by atoms with Crippen LogP contribution >= 0.6 is 0 Å². The number of aromatic nitrogens is 3. The maximum absolute atomic E-state index is 13.2. The van der Waals surface area contributed by atoms with Gasteiger partial charge in [-0.2, -0.15) is 5.10 Å². The molecule has 0 amide bonds. The first kappa shape index (κ1) is 23.8. The number of hydrogen-bond donors (Lipinski definition) is 2. The topological polar surface area (TPSA) is 61.3 Å². The summed E-state index contributed by atoms with van der Waals surface area (Å²) < 4.78 is 15.2. The summed E-state index contributed by atoms with van der Waals surface area (Å²) in [7, 11) is 0. The monoisotopic (exact) mass is 477 g/mol. The summed E-state index contributed by atoms with van der Waals surface area (Å²) in [6.07, 6.45) is 6.86. The normalized spacial score (nSPS) is 21.9. The summed E-state index contributed by atoms with van der Waals surface area (Å²) in [5.41, 5.74) is 3.10. The number of hydrogen-bond acceptors (Lipinski definition) is 6. The van der Waals surface area contributed by atoms with Crippen molar-refractivity contribution in [1.29, 1.82) is 0 Å². The van der Waals surface area contributed by atoms with Gasteiger partial charge in [0.15, 0.2) is 5.82 Å². The molecule has 2 aromatic heterocycles. The van der Waals surface area contributed by atoms with E-state index in [1.807, 2.05) is 16.9 Å². The van der Waals surface area contributed by atoms with Crippen molar-refractivity contribution in [2.75, 3.05) is 42.9 Å². The molecule has 4 heterocycles. The zero-order chi connectivity index (χ0) is 24.2. The van der Waals surface area contributed by atoms with Crippen LogP contribution in [0.2, 0.25) is 0 Å². The van der Waals surface area contributed by atoms with Crippen molar-refractivity contribution in [3.05, 3.63) is 66.4 Å². The van der Waals surface area contributed by atoms with E-state index in [1.165, 1.54) is 12.1 Å². The number of piperazine rings is 1. The fourth-order valence-corrected chi connectivity index (χ4v) is 5.35. The molecule has 8 heteroatoms. The zero-order valence-corrected chi connectivity index (χ0v) is 20.7. The third-order valence-corrected chi connectivity index (χ3v) is 6.98. The number of nitrogens with zero attached hydrogens (tertiary/aromatic N) is 5. The van der Waals surface area contributed by atoms with Gasteiger partial charge >= 0.3 is 0 Å². The fourth-order valence-electron chi connectivity index (χ4n) is 5.35. The van der Waals surface area contributed by atoms with Gasteiger partial charge in [0.2, 0.25) is 0 Å². The Bertz CT molecular complexity index is 1080. The van der Waals surface area contributed by atoms with E-state index in [2.05, 4.69) is 52.6 Å². The van der Waals surface area contributed by atoms with Crippen molar-refractivity contribution < 1.29 is 4.39 Å². The van der Waals surface area contributed by atoms with Gasteiger partial charge in [0, 0.05) is 75.4 Å². The average molecular weight is 478 g/mol. The van der Waals surface area contributed by atoms with E-state index in [-0.39, 0.29) is 5.82 Å². The fraction of sp³-hybridized carbons (Fsp3) is 0.481. The Hall–Kier alpha value is -2.97. The quantitative estimate of drug-likeness (QED) is 0.541. The van der Waals surface area contributed by atoms with Crippen LogP contribution in [-0.4, -0.2) is 70.5 Å². The van der Waals surface area contributed by atoms with Crippen molar-refractivity contribution in [3.63, 3.8) is 0 Å². The minimum atomic E-state index is -0.206. The molecule has 0 unspecified atom stereocenters. The second-order valence-corrected chi connectivity index (χ2v) is 9.99. The van der Waals surface area contributed by atoms with Crippen LogP contribution < -0.4 is 15.5 Å². The van der Waals surface area contributed by atoms with Crippen LogP contribution in [0.15, 0.2) is 54.9 Å². The molecule has 2 saturated heterocycles. The van der Waals surface area contributed by atoms with Crippen LogP contribution in [0.1, 0.15) is 32.4 Å². The molecule has 0 saturated carbocycles. The minimum Gasteiger partial charge on any atom is -0.382 e. The van der Waals surface area contributed by atoms with E-state index in [4.69, 9.17) is 10.1 Å². The number of rotatable bonds is 7. The van der Waals surface area contributed by atoms with Crippen LogP contribution in [0, 0.1) is 5.82 Å². The van der Waals surface area contributed by atoms with E-state index in [0.29, 0.717) is 18.1 Å². The maximum atomic E-state index is 13.2. The highest BCUT2D eigenvalue weighted by Crippen LogP contribution is 2.26.